The summed E-state index contributed by atoms with van der Waals surface area (Å²) >= 11 is 0. The van der Waals surface area contributed by atoms with Gasteiger partial charge in [0, 0.05) is 31.4 Å². The highest BCUT2D eigenvalue weighted by atomic mass is 16.2. The summed E-state index contributed by atoms with van der Waals surface area (Å²) < 4.78 is 2.08. The van der Waals surface area contributed by atoms with E-state index in [0.717, 1.165) is 32.4 Å². The van der Waals surface area contributed by atoms with Crippen LogP contribution in [0.25, 0.3) is 0 Å². The number of hydrogen-bond acceptors (Lipinski definition) is 3. The fourth-order valence-electron chi connectivity index (χ4n) is 2.65. The summed E-state index contributed by atoms with van der Waals surface area (Å²) in [4.78, 5) is 11.7. The Bertz CT molecular complexity index is 401. The molecule has 0 radical (unpaired) electrons. The number of amides is 1. The van der Waals surface area contributed by atoms with E-state index in [-0.39, 0.29) is 11.9 Å². The van der Waals surface area contributed by atoms with Gasteiger partial charge in [-0.3, -0.25) is 9.48 Å². The van der Waals surface area contributed by atoms with Gasteiger partial charge in [-0.15, -0.1) is 0 Å². The Hall–Kier alpha value is -1.36. The highest BCUT2D eigenvalue weighted by Crippen LogP contribution is 2.27. The Morgan fingerprint density at radius 2 is 2.50 bits per heavy atom. The van der Waals surface area contributed by atoms with Gasteiger partial charge >= 0.3 is 0 Å². The molecule has 1 fully saturated rings. The maximum absolute atomic E-state index is 11.7. The lowest BCUT2D eigenvalue weighted by atomic mass is 9.89. The van der Waals surface area contributed by atoms with Crippen molar-refractivity contribution in [2.24, 2.45) is 0 Å². The lowest BCUT2D eigenvalue weighted by Crippen LogP contribution is -2.47. The Morgan fingerprint density at radius 3 is 3.22 bits per heavy atom. The highest BCUT2D eigenvalue weighted by molar-refractivity contribution is 5.81. The van der Waals surface area contributed by atoms with Crippen molar-refractivity contribution in [3.8, 4) is 0 Å². The minimum atomic E-state index is -0.0706. The van der Waals surface area contributed by atoms with Crippen LogP contribution in [0.1, 0.15) is 37.8 Å². The van der Waals surface area contributed by atoms with E-state index in [4.69, 9.17) is 0 Å². The van der Waals surface area contributed by atoms with Crippen molar-refractivity contribution in [2.75, 3.05) is 13.6 Å². The summed E-state index contributed by atoms with van der Waals surface area (Å²) in [6.45, 7) is 4.00. The fourth-order valence-corrected chi connectivity index (χ4v) is 2.65. The van der Waals surface area contributed by atoms with Gasteiger partial charge in [-0.25, -0.2) is 0 Å². The van der Waals surface area contributed by atoms with E-state index in [0.29, 0.717) is 5.92 Å². The van der Waals surface area contributed by atoms with Crippen LogP contribution in [0.2, 0.25) is 0 Å². The number of piperidine rings is 1. The molecule has 2 unspecified atom stereocenters. The number of likely N-dealkylation sites (N-methyl/N-ethyl adjacent to an activating group) is 1. The molecule has 2 heterocycles. The van der Waals surface area contributed by atoms with Crippen molar-refractivity contribution < 1.29 is 4.79 Å². The smallest absolute Gasteiger partial charge is 0.236 e. The van der Waals surface area contributed by atoms with Gasteiger partial charge < -0.3 is 10.6 Å². The SMILES string of the molecule is CCCn1nccc1C1CCNC(C(=O)NC)C1. The maximum Gasteiger partial charge on any atom is 0.236 e. The molecule has 1 saturated heterocycles. The normalized spacial score (nSPS) is 23.9. The monoisotopic (exact) mass is 250 g/mol. The molecule has 1 aliphatic rings. The van der Waals surface area contributed by atoms with Crippen molar-refractivity contribution in [3.63, 3.8) is 0 Å². The van der Waals surface area contributed by atoms with Gasteiger partial charge in [-0.2, -0.15) is 5.10 Å². The number of nitrogens with one attached hydrogen (secondary N) is 2. The average Bonchev–Trinajstić information content (AvgIpc) is 2.87. The van der Waals surface area contributed by atoms with E-state index < -0.39 is 0 Å². The third-order valence-corrected chi connectivity index (χ3v) is 3.57. The second-order valence-electron chi connectivity index (χ2n) is 4.82. The third kappa shape index (κ3) is 2.72. The molecule has 0 aliphatic carbocycles. The van der Waals surface area contributed by atoms with Gasteiger partial charge in [-0.1, -0.05) is 6.92 Å². The predicted octanol–water partition coefficient (Wildman–Crippen LogP) is 0.875. The lowest BCUT2D eigenvalue weighted by molar-refractivity contribution is -0.123. The minimum Gasteiger partial charge on any atom is -0.358 e. The van der Waals surface area contributed by atoms with E-state index in [1.54, 1.807) is 7.05 Å². The number of carbonyl (C=O) groups is 1. The van der Waals surface area contributed by atoms with Crippen molar-refractivity contribution in [1.82, 2.24) is 20.4 Å². The van der Waals surface area contributed by atoms with Crippen LogP contribution in [0.4, 0.5) is 0 Å². The predicted molar refractivity (Wildman–Crippen MR) is 70.4 cm³/mol. The van der Waals surface area contributed by atoms with Gasteiger partial charge in [0.15, 0.2) is 0 Å². The van der Waals surface area contributed by atoms with E-state index in [2.05, 4.69) is 33.4 Å². The summed E-state index contributed by atoms with van der Waals surface area (Å²) in [5.74, 6) is 0.517. The molecule has 18 heavy (non-hydrogen) atoms. The molecule has 1 aromatic heterocycles. The number of hydrogen-bond donors (Lipinski definition) is 2. The molecule has 2 atom stereocenters. The van der Waals surface area contributed by atoms with Crippen LogP contribution in [0, 0.1) is 0 Å². The van der Waals surface area contributed by atoms with Crippen molar-refractivity contribution >= 4 is 5.91 Å². The van der Waals surface area contributed by atoms with E-state index >= 15 is 0 Å². The Kier molecular flexibility index (Phi) is 4.36. The van der Waals surface area contributed by atoms with Crippen molar-refractivity contribution in [3.05, 3.63) is 18.0 Å². The van der Waals surface area contributed by atoms with Gasteiger partial charge in [0.25, 0.3) is 0 Å². The standard InChI is InChI=1S/C13H22N4O/c1-3-8-17-12(5-7-16-17)10-4-6-15-11(9-10)13(18)14-2/h5,7,10-11,15H,3-4,6,8-9H2,1-2H3,(H,14,18). The molecule has 0 bridgehead atoms. The van der Waals surface area contributed by atoms with Crippen molar-refractivity contribution in [2.45, 2.75) is 44.7 Å². The zero-order chi connectivity index (χ0) is 13.0. The van der Waals surface area contributed by atoms with E-state index in [9.17, 15) is 4.79 Å². The maximum atomic E-state index is 11.7. The van der Waals surface area contributed by atoms with Crippen LogP contribution in [-0.2, 0) is 11.3 Å². The van der Waals surface area contributed by atoms with Crippen LogP contribution in [0.5, 0.6) is 0 Å². The Balaban J connectivity index is 2.08. The lowest BCUT2D eigenvalue weighted by Gasteiger charge is -2.29. The molecule has 1 aliphatic heterocycles. The first-order valence-electron chi connectivity index (χ1n) is 6.73. The van der Waals surface area contributed by atoms with Gasteiger partial charge in [0.05, 0.1) is 6.04 Å². The van der Waals surface area contributed by atoms with Crippen LogP contribution < -0.4 is 10.6 Å². The number of carbonyl (C=O) groups excluding carboxylic acids is 1. The van der Waals surface area contributed by atoms with Gasteiger partial charge in [0.1, 0.15) is 0 Å². The molecule has 1 amide bonds. The largest absolute Gasteiger partial charge is 0.358 e. The topological polar surface area (TPSA) is 59.0 Å². The number of nitrogens with zero attached hydrogens (tertiary/aromatic N) is 2. The zero-order valence-electron chi connectivity index (χ0n) is 11.1. The van der Waals surface area contributed by atoms with Crippen molar-refractivity contribution in [1.29, 1.82) is 0 Å². The zero-order valence-corrected chi connectivity index (χ0v) is 11.1. The molecule has 5 heteroatoms. The molecule has 2 N–H and O–H groups in total. The van der Waals surface area contributed by atoms with Crippen LogP contribution in [-0.4, -0.2) is 35.3 Å². The second-order valence-corrected chi connectivity index (χ2v) is 4.82. The molecule has 2 rings (SSSR count). The molecular formula is C13H22N4O. The molecule has 0 saturated carbocycles. The van der Waals surface area contributed by atoms with Crippen LogP contribution in [0.3, 0.4) is 0 Å². The number of aryl methyl sites for hydroxylation is 1. The molecule has 0 aromatic carbocycles. The minimum absolute atomic E-state index is 0.0706. The number of rotatable bonds is 4. The van der Waals surface area contributed by atoms with E-state index in [1.165, 1.54) is 5.69 Å². The Morgan fingerprint density at radius 1 is 1.67 bits per heavy atom. The fraction of sp³-hybridized carbons (Fsp3) is 0.692. The first-order chi connectivity index (χ1) is 8.76. The summed E-state index contributed by atoms with van der Waals surface area (Å²) in [6, 6.07) is 2.02. The first-order valence-corrected chi connectivity index (χ1v) is 6.73. The average molecular weight is 250 g/mol. The highest BCUT2D eigenvalue weighted by Gasteiger charge is 2.28. The van der Waals surface area contributed by atoms with Gasteiger partial charge in [-0.05, 0) is 31.9 Å². The quantitative estimate of drug-likeness (QED) is 0.834. The van der Waals surface area contributed by atoms with E-state index in [1.807, 2.05) is 6.20 Å². The Labute approximate surface area is 108 Å². The molecular weight excluding hydrogens is 228 g/mol. The first kappa shape index (κ1) is 13.1. The summed E-state index contributed by atoms with van der Waals surface area (Å²) in [7, 11) is 1.69. The summed E-state index contributed by atoms with van der Waals surface area (Å²) in [5.41, 5.74) is 1.27. The molecule has 1 aromatic rings. The summed E-state index contributed by atoms with van der Waals surface area (Å²) in [6.07, 6.45) is 4.87. The molecule has 0 spiro atoms. The second kappa shape index (κ2) is 6.00. The number of aromatic nitrogens is 2. The third-order valence-electron chi connectivity index (χ3n) is 3.57. The molecule has 100 valence electrons. The summed E-state index contributed by atoms with van der Waals surface area (Å²) in [5, 5.41) is 10.4. The molecule has 5 nitrogen and oxygen atoms in total. The van der Waals surface area contributed by atoms with Crippen LogP contribution >= 0.6 is 0 Å². The van der Waals surface area contributed by atoms with Crippen LogP contribution in [0.15, 0.2) is 12.3 Å². The van der Waals surface area contributed by atoms with Gasteiger partial charge in [0.2, 0.25) is 5.91 Å².